The molecule has 150 valence electrons. The second kappa shape index (κ2) is 8.55. The molecule has 7 nitrogen and oxygen atoms in total. The molecule has 2 aromatic carbocycles. The van der Waals surface area contributed by atoms with E-state index in [9.17, 15) is 14.0 Å². The number of halogens is 1. The van der Waals surface area contributed by atoms with Gasteiger partial charge in [-0.3, -0.25) is 4.79 Å². The number of nitrogens with one attached hydrogen (secondary N) is 1. The first-order chi connectivity index (χ1) is 13.9. The molecule has 0 aliphatic heterocycles. The summed E-state index contributed by atoms with van der Waals surface area (Å²) in [7, 11) is 1.22. The zero-order valence-electron chi connectivity index (χ0n) is 16.1. The fourth-order valence-corrected chi connectivity index (χ4v) is 2.65. The molecule has 0 saturated heterocycles. The summed E-state index contributed by atoms with van der Waals surface area (Å²) in [6.45, 7) is 3.84. The van der Waals surface area contributed by atoms with Crippen molar-refractivity contribution in [2.75, 3.05) is 12.4 Å². The fourth-order valence-electron chi connectivity index (χ4n) is 2.65. The van der Waals surface area contributed by atoms with E-state index in [1.54, 1.807) is 25.1 Å². The van der Waals surface area contributed by atoms with Crippen LogP contribution in [0.1, 0.15) is 37.7 Å². The maximum atomic E-state index is 14.0. The number of aryl methyl sites for hydroxylation is 2. The van der Waals surface area contributed by atoms with Crippen LogP contribution in [-0.2, 0) is 11.3 Å². The van der Waals surface area contributed by atoms with E-state index in [0.29, 0.717) is 11.5 Å². The number of methoxy groups -OCH3 is 1. The third-order valence-electron chi connectivity index (χ3n) is 4.30. The highest BCUT2D eigenvalue weighted by Crippen LogP contribution is 2.21. The molecular weight excluding hydrogens is 379 g/mol. The summed E-state index contributed by atoms with van der Waals surface area (Å²) in [5.74, 6) is -0.723. The van der Waals surface area contributed by atoms with Gasteiger partial charge in [-0.25, -0.2) is 9.18 Å². The van der Waals surface area contributed by atoms with Crippen molar-refractivity contribution in [2.24, 2.45) is 0 Å². The first-order valence-corrected chi connectivity index (χ1v) is 8.73. The lowest BCUT2D eigenvalue weighted by molar-refractivity contribution is 0.0600. The first-order valence-electron chi connectivity index (χ1n) is 8.73. The van der Waals surface area contributed by atoms with Gasteiger partial charge in [-0.15, -0.1) is 0 Å². The number of nitrogens with zero attached hydrogens (tertiary/aromatic N) is 1. The van der Waals surface area contributed by atoms with Crippen LogP contribution in [0, 0.1) is 19.7 Å². The number of benzene rings is 2. The van der Waals surface area contributed by atoms with Crippen molar-refractivity contribution in [1.82, 2.24) is 5.16 Å². The molecule has 1 N–H and O–H groups in total. The smallest absolute Gasteiger partial charge is 0.337 e. The van der Waals surface area contributed by atoms with Crippen LogP contribution in [0.3, 0.4) is 0 Å². The summed E-state index contributed by atoms with van der Waals surface area (Å²) >= 11 is 0. The molecule has 29 heavy (non-hydrogen) atoms. The Labute approximate surface area is 166 Å². The Hall–Kier alpha value is -3.68. The van der Waals surface area contributed by atoms with Crippen molar-refractivity contribution >= 4 is 17.6 Å². The van der Waals surface area contributed by atoms with Gasteiger partial charge in [-0.05, 0) is 50.2 Å². The standard InChI is InChI=1S/C21H19FN2O5/c1-12-17(13(2)29-24-12)11-28-16-6-4-5-14(9-16)20(25)23-19-10-15(21(26)27-3)7-8-18(19)22/h4-10H,11H2,1-3H3,(H,23,25). The van der Waals surface area contributed by atoms with Gasteiger partial charge in [-0.2, -0.15) is 0 Å². The molecule has 0 aliphatic rings. The van der Waals surface area contributed by atoms with Crippen molar-refractivity contribution in [3.63, 3.8) is 0 Å². The molecule has 0 radical (unpaired) electrons. The summed E-state index contributed by atoms with van der Waals surface area (Å²) in [4.78, 5) is 24.1. The van der Waals surface area contributed by atoms with E-state index in [1.807, 2.05) is 6.92 Å². The van der Waals surface area contributed by atoms with Gasteiger partial charge >= 0.3 is 5.97 Å². The molecule has 0 fully saturated rings. The summed E-state index contributed by atoms with van der Waals surface area (Å²) in [6, 6.07) is 10.0. The maximum Gasteiger partial charge on any atom is 0.337 e. The first kappa shape index (κ1) is 20.1. The number of hydrogen-bond acceptors (Lipinski definition) is 6. The molecule has 1 heterocycles. The minimum absolute atomic E-state index is 0.125. The van der Waals surface area contributed by atoms with E-state index in [-0.39, 0.29) is 23.4 Å². The number of carbonyl (C=O) groups is 2. The van der Waals surface area contributed by atoms with Crippen molar-refractivity contribution < 1.29 is 28.0 Å². The Morgan fingerprint density at radius 1 is 1.14 bits per heavy atom. The molecule has 3 rings (SSSR count). The average molecular weight is 398 g/mol. The summed E-state index contributed by atoms with van der Waals surface area (Å²) in [5, 5.41) is 6.33. The number of hydrogen-bond donors (Lipinski definition) is 1. The predicted octanol–water partition coefficient (Wildman–Crippen LogP) is 4.05. The summed E-state index contributed by atoms with van der Waals surface area (Å²) in [5.41, 5.74) is 1.84. The van der Waals surface area contributed by atoms with Gasteiger partial charge in [0.05, 0.1) is 29.6 Å². The van der Waals surface area contributed by atoms with Crippen LogP contribution in [0.15, 0.2) is 47.0 Å². The van der Waals surface area contributed by atoms with E-state index in [0.717, 1.165) is 17.3 Å². The number of ether oxygens (including phenoxy) is 2. The van der Waals surface area contributed by atoms with Crippen LogP contribution in [0.4, 0.5) is 10.1 Å². The molecule has 0 spiro atoms. The monoisotopic (exact) mass is 398 g/mol. The normalized spacial score (nSPS) is 10.5. The number of anilines is 1. The Morgan fingerprint density at radius 3 is 2.62 bits per heavy atom. The molecule has 0 atom stereocenters. The molecule has 0 unspecified atom stereocenters. The van der Waals surface area contributed by atoms with Gasteiger partial charge in [0, 0.05) is 5.56 Å². The van der Waals surface area contributed by atoms with Crippen molar-refractivity contribution in [3.8, 4) is 5.75 Å². The largest absolute Gasteiger partial charge is 0.489 e. The minimum atomic E-state index is -0.670. The van der Waals surface area contributed by atoms with Gasteiger partial charge in [0.25, 0.3) is 5.91 Å². The highest BCUT2D eigenvalue weighted by atomic mass is 19.1. The molecule has 8 heteroatoms. The number of esters is 1. The third-order valence-corrected chi connectivity index (χ3v) is 4.30. The summed E-state index contributed by atoms with van der Waals surface area (Å²) in [6.07, 6.45) is 0. The van der Waals surface area contributed by atoms with E-state index < -0.39 is 17.7 Å². The second-order valence-corrected chi connectivity index (χ2v) is 6.26. The molecule has 1 aromatic heterocycles. The Bertz CT molecular complexity index is 1040. The third kappa shape index (κ3) is 4.60. The molecule has 1 amide bonds. The number of amides is 1. The van der Waals surface area contributed by atoms with Crippen LogP contribution in [0.5, 0.6) is 5.75 Å². The van der Waals surface area contributed by atoms with Crippen molar-refractivity contribution in [2.45, 2.75) is 20.5 Å². The Balaban J connectivity index is 1.74. The Kier molecular flexibility index (Phi) is 5.92. The topological polar surface area (TPSA) is 90.7 Å². The van der Waals surface area contributed by atoms with Gasteiger partial charge in [-0.1, -0.05) is 11.2 Å². The highest BCUT2D eigenvalue weighted by Gasteiger charge is 2.14. The van der Waals surface area contributed by atoms with Gasteiger partial charge in [0.2, 0.25) is 0 Å². The number of rotatable bonds is 6. The lowest BCUT2D eigenvalue weighted by atomic mass is 10.1. The van der Waals surface area contributed by atoms with E-state index in [2.05, 4.69) is 15.2 Å². The zero-order chi connectivity index (χ0) is 21.0. The maximum absolute atomic E-state index is 14.0. The highest BCUT2D eigenvalue weighted by molar-refractivity contribution is 6.05. The minimum Gasteiger partial charge on any atom is -0.489 e. The molecule has 3 aromatic rings. The molecule has 0 aliphatic carbocycles. The average Bonchev–Trinajstić information content (AvgIpc) is 3.05. The molecule has 0 bridgehead atoms. The van der Waals surface area contributed by atoms with Crippen LogP contribution < -0.4 is 10.1 Å². The zero-order valence-corrected chi connectivity index (χ0v) is 16.1. The number of carbonyl (C=O) groups excluding carboxylic acids is 2. The predicted molar refractivity (Wildman–Crippen MR) is 102 cm³/mol. The van der Waals surface area contributed by atoms with Gasteiger partial charge in [0.1, 0.15) is 23.9 Å². The fraction of sp³-hybridized carbons (Fsp3) is 0.190. The lowest BCUT2D eigenvalue weighted by Crippen LogP contribution is -2.14. The number of aromatic nitrogens is 1. The van der Waals surface area contributed by atoms with Crippen LogP contribution in [-0.4, -0.2) is 24.1 Å². The van der Waals surface area contributed by atoms with E-state index in [4.69, 9.17) is 9.26 Å². The van der Waals surface area contributed by atoms with E-state index in [1.165, 1.54) is 25.3 Å². The van der Waals surface area contributed by atoms with Crippen LogP contribution in [0.2, 0.25) is 0 Å². The lowest BCUT2D eigenvalue weighted by Gasteiger charge is -2.10. The molecular formula is C21H19FN2O5. The van der Waals surface area contributed by atoms with E-state index >= 15 is 0 Å². The van der Waals surface area contributed by atoms with Gasteiger partial charge < -0.3 is 19.3 Å². The SMILES string of the molecule is COC(=O)c1ccc(F)c(NC(=O)c2cccc(OCc3c(C)noc3C)c2)c1. The van der Waals surface area contributed by atoms with Crippen molar-refractivity contribution in [3.05, 3.63) is 76.4 Å². The summed E-state index contributed by atoms with van der Waals surface area (Å²) < 4.78 is 29.5. The van der Waals surface area contributed by atoms with Gasteiger partial charge in [0.15, 0.2) is 0 Å². The molecule has 0 saturated carbocycles. The quantitative estimate of drug-likeness (QED) is 0.630. The van der Waals surface area contributed by atoms with Crippen LogP contribution in [0.25, 0.3) is 0 Å². The van der Waals surface area contributed by atoms with Crippen molar-refractivity contribution in [1.29, 1.82) is 0 Å². The Morgan fingerprint density at radius 2 is 1.93 bits per heavy atom. The van der Waals surface area contributed by atoms with Crippen LogP contribution >= 0.6 is 0 Å². The second-order valence-electron chi connectivity index (χ2n) is 6.26.